The smallest absolute Gasteiger partial charge is 0.326 e. The number of hydrogen-bond acceptors (Lipinski definition) is 1. The molecule has 2 aromatic rings. The van der Waals surface area contributed by atoms with Crippen molar-refractivity contribution in [1.29, 1.82) is 0 Å². The first-order chi connectivity index (χ1) is 12.0. The van der Waals surface area contributed by atoms with Crippen molar-refractivity contribution in [2.24, 2.45) is 0 Å². The summed E-state index contributed by atoms with van der Waals surface area (Å²) in [5.74, 6) is 0.416. The molecule has 2 aromatic carbocycles. The molecule has 4 rings (SSSR count). The van der Waals surface area contributed by atoms with Crippen molar-refractivity contribution >= 4 is 29.0 Å². The van der Waals surface area contributed by atoms with Crippen molar-refractivity contribution in [2.75, 3.05) is 30.4 Å². The summed E-state index contributed by atoms with van der Waals surface area (Å²) in [7, 11) is 2.24. The summed E-state index contributed by atoms with van der Waals surface area (Å²) in [5, 5.41) is 3.70. The lowest BCUT2D eigenvalue weighted by Gasteiger charge is -2.34. The minimum atomic E-state index is -0.0560. The van der Waals surface area contributed by atoms with E-state index in [-0.39, 0.29) is 12.1 Å². The van der Waals surface area contributed by atoms with Gasteiger partial charge in [0.2, 0.25) is 0 Å². The van der Waals surface area contributed by atoms with Crippen LogP contribution in [0.15, 0.2) is 42.5 Å². The quantitative estimate of drug-likeness (QED) is 0.809. The second-order valence-electron chi connectivity index (χ2n) is 7.24. The highest BCUT2D eigenvalue weighted by Crippen LogP contribution is 2.43. The molecule has 3 atom stereocenters. The number of carbonyl (C=O) groups excluding carboxylic acids is 1. The number of halogens is 1. The Morgan fingerprint density at radius 3 is 2.76 bits per heavy atom. The van der Waals surface area contributed by atoms with Gasteiger partial charge in [-0.2, -0.15) is 0 Å². The van der Waals surface area contributed by atoms with Crippen molar-refractivity contribution in [2.45, 2.75) is 25.3 Å². The lowest BCUT2D eigenvalue weighted by Crippen LogP contribution is -3.11. The van der Waals surface area contributed by atoms with E-state index in [4.69, 9.17) is 11.6 Å². The number of nitrogens with one attached hydrogen (secondary N) is 2. The number of benzene rings is 2. The molecule has 0 bridgehead atoms. The molecule has 0 saturated carbocycles. The molecular formula is C20H23ClN3O+. The molecule has 2 aliphatic heterocycles. The molecule has 2 amide bonds. The number of fused-ring (bicyclic) bond motifs is 3. The summed E-state index contributed by atoms with van der Waals surface area (Å²) in [6.07, 6.45) is 1.03. The van der Waals surface area contributed by atoms with E-state index in [1.807, 2.05) is 17.0 Å². The number of hydrogen-bond donors (Lipinski definition) is 2. The number of rotatable bonds is 1. The largest absolute Gasteiger partial charge is 0.337 e. The highest BCUT2D eigenvalue weighted by molar-refractivity contribution is 6.30. The van der Waals surface area contributed by atoms with Gasteiger partial charge in [-0.05, 0) is 42.8 Å². The highest BCUT2D eigenvalue weighted by Gasteiger charge is 2.45. The van der Waals surface area contributed by atoms with E-state index in [2.05, 4.69) is 37.5 Å². The molecule has 1 fully saturated rings. The topological polar surface area (TPSA) is 36.8 Å². The fourth-order valence-electron chi connectivity index (χ4n) is 4.18. The number of quaternary nitrogens is 1. The van der Waals surface area contributed by atoms with Gasteiger partial charge in [0, 0.05) is 22.8 Å². The number of nitrogens with zero attached hydrogens (tertiary/aromatic N) is 1. The SMILES string of the molecule is Cc1ccc2c(c1)[C@@H]1C[NH+](C)CC[C@H]1N2C(=O)Nc1ccc(Cl)cc1. The lowest BCUT2D eigenvalue weighted by molar-refractivity contribution is -0.886. The van der Waals surface area contributed by atoms with Crippen LogP contribution in [0.4, 0.5) is 16.2 Å². The number of amides is 2. The number of urea groups is 1. The normalized spacial score (nSPS) is 24.6. The second kappa shape index (κ2) is 6.36. The molecule has 25 heavy (non-hydrogen) atoms. The Balaban J connectivity index is 1.66. The van der Waals surface area contributed by atoms with Gasteiger partial charge in [0.25, 0.3) is 0 Å². The van der Waals surface area contributed by atoms with Gasteiger partial charge in [0.15, 0.2) is 0 Å². The van der Waals surface area contributed by atoms with Gasteiger partial charge in [0.1, 0.15) is 0 Å². The Bertz CT molecular complexity index is 805. The fraction of sp³-hybridized carbons (Fsp3) is 0.350. The molecule has 2 aliphatic rings. The van der Waals surface area contributed by atoms with Gasteiger partial charge in [-0.25, -0.2) is 4.79 Å². The maximum Gasteiger partial charge on any atom is 0.326 e. The van der Waals surface area contributed by atoms with E-state index in [0.717, 1.165) is 30.9 Å². The average Bonchev–Trinajstić information content (AvgIpc) is 2.90. The zero-order chi connectivity index (χ0) is 17.6. The predicted octanol–water partition coefficient (Wildman–Crippen LogP) is 3.07. The molecule has 2 heterocycles. The van der Waals surface area contributed by atoms with Crippen LogP contribution in [0.25, 0.3) is 0 Å². The third kappa shape index (κ3) is 3.00. The lowest BCUT2D eigenvalue weighted by atomic mass is 9.89. The van der Waals surface area contributed by atoms with Crippen LogP contribution < -0.4 is 15.1 Å². The average molecular weight is 357 g/mol. The summed E-state index contributed by atoms with van der Waals surface area (Å²) < 4.78 is 0. The molecule has 0 radical (unpaired) electrons. The molecule has 1 saturated heterocycles. The van der Waals surface area contributed by atoms with E-state index < -0.39 is 0 Å². The van der Waals surface area contributed by atoms with Crippen LogP contribution in [0.3, 0.4) is 0 Å². The zero-order valence-corrected chi connectivity index (χ0v) is 15.3. The Hall–Kier alpha value is -2.04. The molecule has 130 valence electrons. The summed E-state index contributed by atoms with van der Waals surface area (Å²) in [4.78, 5) is 16.6. The van der Waals surface area contributed by atoms with Crippen molar-refractivity contribution in [3.05, 3.63) is 58.6 Å². The van der Waals surface area contributed by atoms with Crippen LogP contribution in [0.2, 0.25) is 5.02 Å². The summed E-state index contributed by atoms with van der Waals surface area (Å²) in [6.45, 7) is 4.29. The number of aryl methyl sites for hydroxylation is 1. The summed E-state index contributed by atoms with van der Waals surface area (Å²) in [6, 6.07) is 13.9. The molecule has 1 unspecified atom stereocenters. The van der Waals surface area contributed by atoms with Crippen LogP contribution in [0, 0.1) is 6.92 Å². The molecule has 5 heteroatoms. The van der Waals surface area contributed by atoms with Crippen LogP contribution in [-0.4, -0.2) is 32.2 Å². The summed E-state index contributed by atoms with van der Waals surface area (Å²) >= 11 is 5.94. The number of piperidine rings is 1. The Labute approximate surface area is 153 Å². The maximum atomic E-state index is 13.1. The Kier molecular flexibility index (Phi) is 4.18. The van der Waals surface area contributed by atoms with Gasteiger partial charge in [0.05, 0.1) is 32.1 Å². The molecule has 2 N–H and O–H groups in total. The molecular weight excluding hydrogens is 334 g/mol. The maximum absolute atomic E-state index is 13.1. The Morgan fingerprint density at radius 2 is 2.00 bits per heavy atom. The first-order valence-corrected chi connectivity index (χ1v) is 9.18. The first-order valence-electron chi connectivity index (χ1n) is 8.80. The molecule has 0 spiro atoms. The molecule has 0 aliphatic carbocycles. The number of carbonyl (C=O) groups is 1. The van der Waals surface area contributed by atoms with Crippen LogP contribution in [0.1, 0.15) is 23.5 Å². The molecule has 0 aromatic heterocycles. The van der Waals surface area contributed by atoms with E-state index in [9.17, 15) is 4.79 Å². The van der Waals surface area contributed by atoms with E-state index in [0.29, 0.717) is 10.9 Å². The van der Waals surface area contributed by atoms with Crippen LogP contribution in [-0.2, 0) is 0 Å². The minimum Gasteiger partial charge on any atom is -0.337 e. The van der Waals surface area contributed by atoms with E-state index in [1.54, 1.807) is 12.1 Å². The van der Waals surface area contributed by atoms with Crippen molar-refractivity contribution in [3.63, 3.8) is 0 Å². The van der Waals surface area contributed by atoms with Crippen molar-refractivity contribution in [3.8, 4) is 0 Å². The van der Waals surface area contributed by atoms with Gasteiger partial charge in [-0.3, -0.25) is 4.90 Å². The van der Waals surface area contributed by atoms with Crippen LogP contribution in [0.5, 0.6) is 0 Å². The number of anilines is 2. The number of likely N-dealkylation sites (tertiary alicyclic amines) is 1. The fourth-order valence-corrected chi connectivity index (χ4v) is 4.31. The first kappa shape index (κ1) is 16.4. The van der Waals surface area contributed by atoms with Gasteiger partial charge >= 0.3 is 6.03 Å². The zero-order valence-electron chi connectivity index (χ0n) is 14.6. The minimum absolute atomic E-state index is 0.0560. The monoisotopic (exact) mass is 356 g/mol. The van der Waals surface area contributed by atoms with Crippen molar-refractivity contribution < 1.29 is 9.69 Å². The van der Waals surface area contributed by atoms with E-state index in [1.165, 1.54) is 16.0 Å². The van der Waals surface area contributed by atoms with E-state index >= 15 is 0 Å². The van der Waals surface area contributed by atoms with Crippen LogP contribution >= 0.6 is 11.6 Å². The van der Waals surface area contributed by atoms with Crippen molar-refractivity contribution in [1.82, 2.24) is 0 Å². The predicted molar refractivity (Wildman–Crippen MR) is 102 cm³/mol. The highest BCUT2D eigenvalue weighted by atomic mass is 35.5. The van der Waals surface area contributed by atoms with Gasteiger partial charge in [-0.15, -0.1) is 0 Å². The number of likely N-dealkylation sites (N-methyl/N-ethyl adjacent to an activating group) is 1. The van der Waals surface area contributed by atoms with Gasteiger partial charge in [-0.1, -0.05) is 29.3 Å². The third-order valence-corrected chi connectivity index (χ3v) is 5.64. The Morgan fingerprint density at radius 1 is 1.24 bits per heavy atom. The third-order valence-electron chi connectivity index (χ3n) is 5.39. The second-order valence-corrected chi connectivity index (χ2v) is 7.68. The standard InChI is InChI=1S/C20H22ClN3O/c1-13-3-8-18-16(11-13)17-12-23(2)10-9-19(17)24(18)20(25)22-15-6-4-14(21)5-7-15/h3-8,11,17,19H,9-10,12H2,1-2H3,(H,22,25)/p+1/t17-,19+/m0/s1. The summed E-state index contributed by atoms with van der Waals surface area (Å²) in [5.41, 5.74) is 4.39. The molecule has 4 nitrogen and oxygen atoms in total. The van der Waals surface area contributed by atoms with Gasteiger partial charge < -0.3 is 10.2 Å².